The van der Waals surface area contributed by atoms with Crippen LogP contribution in [0.15, 0.2) is 42.7 Å². The van der Waals surface area contributed by atoms with Crippen molar-refractivity contribution in [2.45, 2.75) is 6.10 Å². The minimum absolute atomic E-state index is 0.110. The number of methoxy groups -OCH3 is 2. The quantitative estimate of drug-likeness (QED) is 0.754. The molecule has 1 N–H and O–H groups in total. The maximum atomic E-state index is 5.60. The number of hydrogen-bond acceptors (Lipinski definition) is 6. The monoisotopic (exact) mass is 315 g/mol. The lowest BCUT2D eigenvalue weighted by Gasteiger charge is -2.18. The van der Waals surface area contributed by atoms with Gasteiger partial charge in [0.25, 0.3) is 0 Å². The van der Waals surface area contributed by atoms with Gasteiger partial charge < -0.3 is 14.8 Å². The van der Waals surface area contributed by atoms with E-state index in [1.165, 1.54) is 0 Å². The Bertz CT molecular complexity index is 727. The molecule has 22 heavy (non-hydrogen) atoms. The molecular formula is C16H17N3O2S. The number of rotatable bonds is 6. The Balaban J connectivity index is 1.75. The molecule has 0 amide bonds. The van der Waals surface area contributed by atoms with Crippen LogP contribution in [0.4, 0.5) is 5.13 Å². The van der Waals surface area contributed by atoms with E-state index in [0.29, 0.717) is 6.54 Å². The molecular weight excluding hydrogens is 298 g/mol. The molecule has 0 spiro atoms. The zero-order valence-corrected chi connectivity index (χ0v) is 13.3. The average molecular weight is 315 g/mol. The van der Waals surface area contributed by atoms with E-state index in [9.17, 15) is 0 Å². The molecule has 5 nitrogen and oxygen atoms in total. The van der Waals surface area contributed by atoms with Crippen LogP contribution in [0.5, 0.6) is 5.75 Å². The molecule has 6 heteroatoms. The van der Waals surface area contributed by atoms with Gasteiger partial charge in [0.15, 0.2) is 5.13 Å². The minimum atomic E-state index is -0.110. The van der Waals surface area contributed by atoms with Crippen LogP contribution in [-0.4, -0.2) is 30.7 Å². The number of hydrogen-bond donors (Lipinski definition) is 1. The minimum Gasteiger partial charge on any atom is -0.496 e. The van der Waals surface area contributed by atoms with Crippen LogP contribution >= 0.6 is 11.3 Å². The third-order valence-electron chi connectivity index (χ3n) is 3.40. The molecule has 0 saturated carbocycles. The van der Waals surface area contributed by atoms with Crippen LogP contribution < -0.4 is 10.1 Å². The summed E-state index contributed by atoms with van der Waals surface area (Å²) in [7, 11) is 3.36. The highest BCUT2D eigenvalue weighted by molar-refractivity contribution is 7.22. The number of nitrogens with zero attached hydrogens (tertiary/aromatic N) is 2. The van der Waals surface area contributed by atoms with Crippen molar-refractivity contribution in [3.05, 3.63) is 48.3 Å². The van der Waals surface area contributed by atoms with Gasteiger partial charge in [0.2, 0.25) is 0 Å². The summed E-state index contributed by atoms with van der Waals surface area (Å²) in [5.41, 5.74) is 1.92. The number of ether oxygens (including phenoxy) is 2. The standard InChI is InChI=1S/C16H17N3O2S/c1-20-13-6-4-3-5-11(13)14(21-2)10-18-16-19-12-9-17-8-7-15(12)22-16/h3-9,14H,10H2,1-2H3,(H,18,19). The van der Waals surface area contributed by atoms with Gasteiger partial charge in [0, 0.05) is 25.4 Å². The first-order chi connectivity index (χ1) is 10.8. The van der Waals surface area contributed by atoms with E-state index in [0.717, 1.165) is 26.7 Å². The number of aromatic nitrogens is 2. The predicted octanol–water partition coefficient (Wildman–Crippen LogP) is 3.50. The number of anilines is 1. The first kappa shape index (κ1) is 14.7. The van der Waals surface area contributed by atoms with Crippen molar-refractivity contribution in [2.75, 3.05) is 26.1 Å². The van der Waals surface area contributed by atoms with Gasteiger partial charge in [-0.2, -0.15) is 0 Å². The van der Waals surface area contributed by atoms with E-state index in [1.54, 1.807) is 38.0 Å². The predicted molar refractivity (Wildman–Crippen MR) is 88.6 cm³/mol. The number of benzene rings is 1. The molecule has 3 rings (SSSR count). The van der Waals surface area contributed by atoms with Crippen LogP contribution in [0.3, 0.4) is 0 Å². The van der Waals surface area contributed by atoms with Crippen molar-refractivity contribution in [3.63, 3.8) is 0 Å². The van der Waals surface area contributed by atoms with Crippen LogP contribution in [0.25, 0.3) is 10.2 Å². The van der Waals surface area contributed by atoms with Crippen molar-refractivity contribution in [2.24, 2.45) is 0 Å². The fourth-order valence-corrected chi connectivity index (χ4v) is 3.13. The largest absolute Gasteiger partial charge is 0.496 e. The molecule has 0 aliphatic rings. The molecule has 0 aliphatic heterocycles. The molecule has 114 valence electrons. The SMILES string of the molecule is COc1ccccc1C(CNc1nc2cnccc2s1)OC. The van der Waals surface area contributed by atoms with Gasteiger partial charge in [-0.05, 0) is 12.1 Å². The van der Waals surface area contributed by atoms with E-state index in [1.807, 2.05) is 30.3 Å². The summed E-state index contributed by atoms with van der Waals surface area (Å²) in [6.45, 7) is 0.615. The van der Waals surface area contributed by atoms with Crippen molar-refractivity contribution >= 4 is 26.7 Å². The number of pyridine rings is 1. The Kier molecular flexibility index (Phi) is 4.50. The summed E-state index contributed by atoms with van der Waals surface area (Å²) < 4.78 is 12.1. The van der Waals surface area contributed by atoms with Crippen LogP contribution in [0.2, 0.25) is 0 Å². The van der Waals surface area contributed by atoms with Gasteiger partial charge in [-0.3, -0.25) is 4.98 Å². The van der Waals surface area contributed by atoms with Gasteiger partial charge in [0.05, 0.1) is 18.0 Å². The number of nitrogens with one attached hydrogen (secondary N) is 1. The topological polar surface area (TPSA) is 56.3 Å². The van der Waals surface area contributed by atoms with Crippen molar-refractivity contribution < 1.29 is 9.47 Å². The number of fused-ring (bicyclic) bond motifs is 1. The Morgan fingerprint density at radius 1 is 1.23 bits per heavy atom. The van der Waals surface area contributed by atoms with E-state index in [2.05, 4.69) is 15.3 Å². The van der Waals surface area contributed by atoms with E-state index >= 15 is 0 Å². The lowest BCUT2D eigenvalue weighted by molar-refractivity contribution is 0.111. The fraction of sp³-hybridized carbons (Fsp3) is 0.250. The normalized spacial score (nSPS) is 12.3. The summed E-state index contributed by atoms with van der Waals surface area (Å²) in [5.74, 6) is 0.824. The lowest BCUT2D eigenvalue weighted by Crippen LogP contribution is -2.15. The third-order valence-corrected chi connectivity index (χ3v) is 4.39. The van der Waals surface area contributed by atoms with Crippen LogP contribution in [0.1, 0.15) is 11.7 Å². The second-order valence-electron chi connectivity index (χ2n) is 4.71. The molecule has 1 atom stereocenters. The van der Waals surface area contributed by atoms with Gasteiger partial charge in [0.1, 0.15) is 17.4 Å². The maximum absolute atomic E-state index is 5.60. The highest BCUT2D eigenvalue weighted by Gasteiger charge is 2.15. The van der Waals surface area contributed by atoms with Gasteiger partial charge in [-0.1, -0.05) is 29.5 Å². The van der Waals surface area contributed by atoms with Crippen molar-refractivity contribution in [3.8, 4) is 5.75 Å². The molecule has 0 bridgehead atoms. The molecule has 2 aromatic heterocycles. The number of thiazole rings is 1. The second kappa shape index (κ2) is 6.72. The summed E-state index contributed by atoms with van der Waals surface area (Å²) in [6.07, 6.45) is 3.43. The van der Waals surface area contributed by atoms with Crippen LogP contribution in [-0.2, 0) is 4.74 Å². The van der Waals surface area contributed by atoms with Crippen molar-refractivity contribution in [1.82, 2.24) is 9.97 Å². The van der Waals surface area contributed by atoms with E-state index in [-0.39, 0.29) is 6.10 Å². The summed E-state index contributed by atoms with van der Waals surface area (Å²) in [5, 5.41) is 4.20. The molecule has 2 heterocycles. The summed E-state index contributed by atoms with van der Waals surface area (Å²) in [6, 6.07) is 9.84. The summed E-state index contributed by atoms with van der Waals surface area (Å²) in [4.78, 5) is 8.60. The first-order valence-electron chi connectivity index (χ1n) is 6.92. The second-order valence-corrected chi connectivity index (χ2v) is 5.74. The van der Waals surface area contributed by atoms with Gasteiger partial charge >= 0.3 is 0 Å². The Hall–Kier alpha value is -2.18. The molecule has 0 radical (unpaired) electrons. The lowest BCUT2D eigenvalue weighted by atomic mass is 10.1. The zero-order valence-electron chi connectivity index (χ0n) is 12.4. The highest BCUT2D eigenvalue weighted by atomic mass is 32.1. The Labute approximate surface area is 132 Å². The molecule has 1 unspecified atom stereocenters. The average Bonchev–Trinajstić information content (AvgIpc) is 2.98. The molecule has 0 saturated heterocycles. The van der Waals surface area contributed by atoms with Gasteiger partial charge in [-0.25, -0.2) is 4.98 Å². The first-order valence-corrected chi connectivity index (χ1v) is 7.73. The Morgan fingerprint density at radius 3 is 2.86 bits per heavy atom. The zero-order chi connectivity index (χ0) is 15.4. The smallest absolute Gasteiger partial charge is 0.183 e. The van der Waals surface area contributed by atoms with Crippen LogP contribution in [0, 0.1) is 0 Å². The summed E-state index contributed by atoms with van der Waals surface area (Å²) >= 11 is 1.61. The molecule has 1 aromatic carbocycles. The van der Waals surface area contributed by atoms with Crippen molar-refractivity contribution in [1.29, 1.82) is 0 Å². The van der Waals surface area contributed by atoms with Gasteiger partial charge in [-0.15, -0.1) is 0 Å². The highest BCUT2D eigenvalue weighted by Crippen LogP contribution is 2.29. The maximum Gasteiger partial charge on any atom is 0.183 e. The molecule has 3 aromatic rings. The van der Waals surface area contributed by atoms with E-state index in [4.69, 9.17) is 9.47 Å². The Morgan fingerprint density at radius 2 is 2.09 bits per heavy atom. The van der Waals surface area contributed by atoms with E-state index < -0.39 is 0 Å². The number of para-hydroxylation sites is 1. The molecule has 0 aliphatic carbocycles. The molecule has 0 fully saturated rings. The fourth-order valence-electron chi connectivity index (χ4n) is 2.29. The third kappa shape index (κ3) is 3.03.